The van der Waals surface area contributed by atoms with Crippen molar-refractivity contribution in [3.05, 3.63) is 34.7 Å². The highest BCUT2D eigenvalue weighted by molar-refractivity contribution is 9.10. The highest BCUT2D eigenvalue weighted by atomic mass is 79.9. The van der Waals surface area contributed by atoms with E-state index in [0.717, 1.165) is 40.7 Å². The van der Waals surface area contributed by atoms with E-state index in [0.29, 0.717) is 6.54 Å². The fourth-order valence-corrected chi connectivity index (χ4v) is 4.09. The highest BCUT2D eigenvalue weighted by Crippen LogP contribution is 2.32. The third-order valence-electron chi connectivity index (χ3n) is 5.51. The minimum Gasteiger partial charge on any atom is -0.469 e. The second kappa shape index (κ2) is 8.99. The summed E-state index contributed by atoms with van der Waals surface area (Å²) < 4.78 is 5.59. The van der Waals surface area contributed by atoms with E-state index in [1.165, 1.54) is 7.11 Å². The van der Waals surface area contributed by atoms with Gasteiger partial charge in [-0.15, -0.1) is 0 Å². The molecule has 0 spiro atoms. The van der Waals surface area contributed by atoms with Crippen LogP contribution in [-0.4, -0.2) is 47.2 Å². The smallest absolute Gasteiger partial charge is 0.306 e. The van der Waals surface area contributed by atoms with Crippen molar-refractivity contribution >= 4 is 39.1 Å². The van der Waals surface area contributed by atoms with Crippen LogP contribution in [0.5, 0.6) is 0 Å². The van der Waals surface area contributed by atoms with Crippen molar-refractivity contribution in [1.29, 1.82) is 0 Å². The van der Waals surface area contributed by atoms with Crippen LogP contribution in [0.2, 0.25) is 0 Å². The molecule has 150 valence electrons. The molecule has 0 bridgehead atoms. The summed E-state index contributed by atoms with van der Waals surface area (Å²) in [7, 11) is 1.36. The number of nitrogens with zero attached hydrogens (tertiary/aromatic N) is 3. The predicted molar refractivity (Wildman–Crippen MR) is 112 cm³/mol. The Morgan fingerprint density at radius 2 is 2.14 bits per heavy atom. The Morgan fingerprint density at radius 3 is 2.79 bits per heavy atom. The molecule has 28 heavy (non-hydrogen) atoms. The number of carbonyl (C=O) groups excluding carboxylic acids is 2. The zero-order valence-electron chi connectivity index (χ0n) is 16.5. The maximum Gasteiger partial charge on any atom is 0.306 e. The molecule has 0 saturated carbocycles. The minimum absolute atomic E-state index is 0.00329. The minimum atomic E-state index is -0.363. The lowest BCUT2D eigenvalue weighted by Crippen LogP contribution is -2.45. The van der Waals surface area contributed by atoms with Gasteiger partial charge in [0.2, 0.25) is 5.91 Å². The lowest BCUT2D eigenvalue weighted by Gasteiger charge is -2.30. The number of likely N-dealkylation sites (tertiary alicyclic amines) is 1. The molecule has 1 aromatic heterocycles. The second-order valence-corrected chi connectivity index (χ2v) is 8.45. The summed E-state index contributed by atoms with van der Waals surface area (Å²) >= 11 is 3.35. The molecule has 7 heteroatoms. The first-order chi connectivity index (χ1) is 13.4. The number of aromatic nitrogens is 1. The van der Waals surface area contributed by atoms with Gasteiger partial charge in [0.1, 0.15) is 4.60 Å². The maximum atomic E-state index is 13.2. The molecule has 1 saturated heterocycles. The Balaban J connectivity index is 1.70. The summed E-state index contributed by atoms with van der Waals surface area (Å²) in [5.41, 5.74) is 3.18. The molecule has 3 heterocycles. The first-order valence-corrected chi connectivity index (χ1v) is 10.4. The Hall–Kier alpha value is -2.02. The van der Waals surface area contributed by atoms with E-state index in [-0.39, 0.29) is 36.2 Å². The van der Waals surface area contributed by atoms with Gasteiger partial charge in [0.05, 0.1) is 25.5 Å². The van der Waals surface area contributed by atoms with Crippen LogP contribution in [0.4, 0.5) is 0 Å². The Labute approximate surface area is 174 Å². The van der Waals surface area contributed by atoms with Crippen LogP contribution in [-0.2, 0) is 14.3 Å². The van der Waals surface area contributed by atoms with Gasteiger partial charge in [-0.05, 0) is 51.9 Å². The molecular weight excluding hydrogens is 422 g/mol. The number of allylic oxidation sites excluding steroid dienone is 1. The SMILES string of the molecule is COC(=O)C[C@H](C(=O)N1CCC[C@H]1C1=NC=C(c2ccc(Br)nc2)C1)C(C)C. The van der Waals surface area contributed by atoms with E-state index in [4.69, 9.17) is 4.74 Å². The molecular formula is C21H26BrN3O3. The molecule has 2 atom stereocenters. The molecule has 1 aromatic rings. The van der Waals surface area contributed by atoms with Gasteiger partial charge in [0.25, 0.3) is 0 Å². The quantitative estimate of drug-likeness (QED) is 0.490. The second-order valence-electron chi connectivity index (χ2n) is 7.64. The first kappa shape index (κ1) is 20.7. The molecule has 0 radical (unpaired) electrons. The van der Waals surface area contributed by atoms with Crippen molar-refractivity contribution in [2.75, 3.05) is 13.7 Å². The van der Waals surface area contributed by atoms with Crippen LogP contribution in [0.3, 0.4) is 0 Å². The number of ether oxygens (including phenoxy) is 1. The molecule has 3 rings (SSSR count). The van der Waals surface area contributed by atoms with Crippen molar-refractivity contribution in [1.82, 2.24) is 9.88 Å². The summed E-state index contributed by atoms with van der Waals surface area (Å²) in [6.45, 7) is 4.66. The zero-order chi connectivity index (χ0) is 20.3. The number of aliphatic imine (C=N–C) groups is 1. The molecule has 0 N–H and O–H groups in total. The number of amides is 1. The number of halogens is 1. The third-order valence-corrected chi connectivity index (χ3v) is 5.98. The summed E-state index contributed by atoms with van der Waals surface area (Å²) in [4.78, 5) is 35.8. The highest BCUT2D eigenvalue weighted by Gasteiger charge is 2.38. The number of methoxy groups -OCH3 is 1. The van der Waals surface area contributed by atoms with Crippen molar-refractivity contribution in [2.24, 2.45) is 16.8 Å². The van der Waals surface area contributed by atoms with Crippen LogP contribution in [0.25, 0.3) is 5.57 Å². The van der Waals surface area contributed by atoms with Gasteiger partial charge < -0.3 is 9.64 Å². The lowest BCUT2D eigenvalue weighted by atomic mass is 9.90. The van der Waals surface area contributed by atoms with Crippen LogP contribution >= 0.6 is 15.9 Å². The van der Waals surface area contributed by atoms with Gasteiger partial charge in [0.15, 0.2) is 0 Å². The Morgan fingerprint density at radius 1 is 1.36 bits per heavy atom. The molecule has 2 aliphatic heterocycles. The number of carbonyl (C=O) groups is 2. The molecule has 6 nitrogen and oxygen atoms in total. The molecule has 1 fully saturated rings. The standard InChI is InChI=1S/C21H26BrN3O3/c1-13(2)16(10-20(26)28-3)21(27)25-8-4-5-18(25)17-9-15(12-23-17)14-6-7-19(22)24-11-14/h6-7,11-13,16,18H,4-5,8-10H2,1-3H3/t16-,18-/m0/s1. The largest absolute Gasteiger partial charge is 0.469 e. The lowest BCUT2D eigenvalue weighted by molar-refractivity contribution is -0.148. The van der Waals surface area contributed by atoms with Gasteiger partial charge in [-0.3, -0.25) is 14.6 Å². The van der Waals surface area contributed by atoms with Gasteiger partial charge in [-0.1, -0.05) is 19.9 Å². The van der Waals surface area contributed by atoms with E-state index in [2.05, 4.69) is 25.9 Å². The Bertz CT molecular complexity index is 802. The van der Waals surface area contributed by atoms with Crippen molar-refractivity contribution in [3.63, 3.8) is 0 Å². The van der Waals surface area contributed by atoms with Crippen molar-refractivity contribution in [2.45, 2.75) is 45.6 Å². The van der Waals surface area contributed by atoms with Gasteiger partial charge in [0, 0.05) is 31.1 Å². The first-order valence-electron chi connectivity index (χ1n) is 9.65. The van der Waals surface area contributed by atoms with Gasteiger partial charge in [-0.25, -0.2) is 4.98 Å². The topological polar surface area (TPSA) is 71.9 Å². The van der Waals surface area contributed by atoms with E-state index in [1.54, 1.807) is 0 Å². The molecule has 2 aliphatic rings. The average molecular weight is 448 g/mol. The Kier molecular flexibility index (Phi) is 6.65. The average Bonchev–Trinajstić information content (AvgIpc) is 3.34. The van der Waals surface area contributed by atoms with Crippen LogP contribution in [0.15, 0.2) is 34.1 Å². The zero-order valence-corrected chi connectivity index (χ0v) is 18.1. The van der Waals surface area contributed by atoms with E-state index in [9.17, 15) is 9.59 Å². The van der Waals surface area contributed by atoms with Crippen LogP contribution in [0.1, 0.15) is 45.1 Å². The van der Waals surface area contributed by atoms with E-state index >= 15 is 0 Å². The van der Waals surface area contributed by atoms with Crippen molar-refractivity contribution in [3.8, 4) is 0 Å². The van der Waals surface area contributed by atoms with E-state index in [1.807, 2.05) is 43.3 Å². The van der Waals surface area contributed by atoms with Gasteiger partial charge in [-0.2, -0.15) is 0 Å². The molecule has 1 amide bonds. The molecule has 0 aromatic carbocycles. The summed E-state index contributed by atoms with van der Waals surface area (Å²) in [5, 5.41) is 0. The van der Waals surface area contributed by atoms with Gasteiger partial charge >= 0.3 is 5.97 Å². The number of hydrogen-bond donors (Lipinski definition) is 0. The number of esters is 1. The van der Waals surface area contributed by atoms with Crippen LogP contribution < -0.4 is 0 Å². The summed E-state index contributed by atoms with van der Waals surface area (Å²) in [5.74, 6) is -0.601. The predicted octanol–water partition coefficient (Wildman–Crippen LogP) is 3.86. The number of hydrogen-bond acceptors (Lipinski definition) is 5. The fraction of sp³-hybridized carbons (Fsp3) is 0.524. The monoisotopic (exact) mass is 447 g/mol. The maximum absolute atomic E-state index is 13.2. The fourth-order valence-electron chi connectivity index (χ4n) is 3.85. The van der Waals surface area contributed by atoms with Crippen molar-refractivity contribution < 1.29 is 14.3 Å². The van der Waals surface area contributed by atoms with E-state index < -0.39 is 0 Å². The molecule has 0 aliphatic carbocycles. The number of pyridine rings is 1. The third kappa shape index (κ3) is 4.51. The van der Waals surface area contributed by atoms with Crippen LogP contribution in [0, 0.1) is 11.8 Å². The summed E-state index contributed by atoms with van der Waals surface area (Å²) in [6.07, 6.45) is 6.42. The normalized spacial score (nSPS) is 20.2. The molecule has 0 unspecified atom stereocenters. The summed E-state index contributed by atoms with van der Waals surface area (Å²) in [6, 6.07) is 3.94. The number of rotatable bonds is 6.